The molecule has 9 nitrogen and oxygen atoms in total. The van der Waals surface area contributed by atoms with Crippen molar-refractivity contribution in [3.63, 3.8) is 0 Å². The number of rotatable bonds is 3. The maximum Gasteiger partial charge on any atom is 0.217 e. The lowest BCUT2D eigenvalue weighted by Crippen LogP contribution is -2.54. The normalized spacial score (nSPS) is 20.1. The smallest absolute Gasteiger partial charge is 0.217 e. The Morgan fingerprint density at radius 1 is 1.87 bits per heavy atom. The molecule has 0 radical (unpaired) electrons. The number of guanidine groups is 1. The van der Waals surface area contributed by atoms with Crippen LogP contribution in [0, 0.1) is 0 Å². The highest BCUT2D eigenvalue weighted by Crippen LogP contribution is 2.03. The van der Waals surface area contributed by atoms with Gasteiger partial charge in [-0.25, -0.2) is 15.8 Å². The van der Waals surface area contributed by atoms with E-state index in [9.17, 15) is 4.79 Å². The van der Waals surface area contributed by atoms with Crippen LogP contribution in [0.25, 0.3) is 10.4 Å². The maximum absolute atomic E-state index is 10.6. The largest absolute Gasteiger partial charge is 0.294 e. The molecule has 9 heteroatoms. The first-order valence-electron chi connectivity index (χ1n) is 4.17. The van der Waals surface area contributed by atoms with Crippen molar-refractivity contribution >= 4 is 18.1 Å². The van der Waals surface area contributed by atoms with Gasteiger partial charge < -0.3 is 0 Å². The molecular weight excluding hydrogens is 200 g/mol. The van der Waals surface area contributed by atoms with Gasteiger partial charge in [0.1, 0.15) is 0 Å². The summed E-state index contributed by atoms with van der Waals surface area (Å²) in [6.45, 7) is 2.44. The van der Waals surface area contributed by atoms with Gasteiger partial charge in [0.15, 0.2) is 18.4 Å². The van der Waals surface area contributed by atoms with Crippen molar-refractivity contribution in [3.8, 4) is 0 Å². The molecule has 0 aromatic carbocycles. The fraction of sp³-hybridized carbons (Fsp3) is 0.500. The van der Waals surface area contributed by atoms with Crippen LogP contribution in [0.3, 0.4) is 0 Å². The summed E-state index contributed by atoms with van der Waals surface area (Å²) in [7, 11) is 0. The number of nitrogens with zero attached hydrogens (tertiary/aromatic N) is 6. The van der Waals surface area contributed by atoms with Gasteiger partial charge in [-0.3, -0.25) is 15.1 Å². The molecule has 1 rings (SSSR count). The van der Waals surface area contributed by atoms with Crippen LogP contribution in [0.2, 0.25) is 0 Å². The van der Waals surface area contributed by atoms with Gasteiger partial charge in [0.2, 0.25) is 5.96 Å². The molecule has 15 heavy (non-hydrogen) atoms. The van der Waals surface area contributed by atoms with Crippen LogP contribution in [0.15, 0.2) is 15.1 Å². The van der Waals surface area contributed by atoms with Gasteiger partial charge in [0.05, 0.1) is 0 Å². The third-order valence-electron chi connectivity index (χ3n) is 1.61. The van der Waals surface area contributed by atoms with E-state index in [-0.39, 0.29) is 11.8 Å². The predicted molar refractivity (Wildman–Crippen MR) is 53.6 cm³/mol. The zero-order valence-electron chi connectivity index (χ0n) is 8.03. The molecule has 3 N–H and O–H groups in total. The molecule has 0 spiro atoms. The monoisotopic (exact) mass is 210 g/mol. The van der Waals surface area contributed by atoms with E-state index >= 15 is 0 Å². The number of hydrazine groups is 1. The fourth-order valence-electron chi connectivity index (χ4n) is 0.988. The quantitative estimate of drug-likeness (QED) is 0.210. The van der Waals surface area contributed by atoms with Crippen LogP contribution in [-0.4, -0.2) is 35.9 Å². The summed E-state index contributed by atoms with van der Waals surface area (Å²) >= 11 is 0. The Kier molecular flexibility index (Phi) is 3.75. The third-order valence-corrected chi connectivity index (χ3v) is 1.61. The summed E-state index contributed by atoms with van der Waals surface area (Å²) in [5.74, 6) is 5.38. The van der Waals surface area contributed by atoms with E-state index in [4.69, 9.17) is 11.4 Å². The van der Waals surface area contributed by atoms with Crippen molar-refractivity contribution in [2.75, 3.05) is 6.54 Å². The third kappa shape index (κ3) is 2.50. The summed E-state index contributed by atoms with van der Waals surface area (Å²) in [5, 5.41) is 7.15. The Balaban J connectivity index is 2.98. The number of aliphatic imine (C=N–C) groups is 2. The fourth-order valence-corrected chi connectivity index (χ4v) is 0.988. The second-order valence-corrected chi connectivity index (χ2v) is 2.55. The summed E-state index contributed by atoms with van der Waals surface area (Å²) in [6.07, 6.45) is -0.181. The first-order valence-corrected chi connectivity index (χ1v) is 4.17. The van der Waals surface area contributed by atoms with E-state index < -0.39 is 6.29 Å². The highest BCUT2D eigenvalue weighted by atomic mass is 16.1. The molecule has 1 aliphatic heterocycles. The van der Waals surface area contributed by atoms with Crippen molar-refractivity contribution in [1.82, 2.24) is 10.3 Å². The van der Waals surface area contributed by atoms with Crippen LogP contribution in [0.1, 0.15) is 6.92 Å². The lowest BCUT2D eigenvalue weighted by molar-refractivity contribution is -0.103. The average molecular weight is 210 g/mol. The van der Waals surface area contributed by atoms with Crippen LogP contribution in [0.5, 0.6) is 0 Å². The van der Waals surface area contributed by atoms with Gasteiger partial charge in [-0.1, -0.05) is 6.92 Å². The van der Waals surface area contributed by atoms with E-state index in [2.05, 4.69) is 25.3 Å². The minimum Gasteiger partial charge on any atom is -0.294 e. The molecule has 1 unspecified atom stereocenters. The van der Waals surface area contributed by atoms with Crippen LogP contribution >= 0.6 is 0 Å². The standard InChI is InChI=1S/C6H10N8O/c1-2-9-6-11-5(12-13-7)10-4(3-15)14(6)8/h3,6,9H,2,8H2,1H3. The van der Waals surface area contributed by atoms with Crippen molar-refractivity contribution in [2.45, 2.75) is 13.2 Å². The van der Waals surface area contributed by atoms with Crippen molar-refractivity contribution < 1.29 is 4.79 Å². The van der Waals surface area contributed by atoms with Crippen molar-refractivity contribution in [3.05, 3.63) is 10.4 Å². The zero-order valence-corrected chi connectivity index (χ0v) is 8.03. The summed E-state index contributed by atoms with van der Waals surface area (Å²) in [5.41, 5.74) is 8.21. The molecule has 1 aliphatic rings. The summed E-state index contributed by atoms with van der Waals surface area (Å²) < 4.78 is 0. The molecule has 0 saturated heterocycles. The van der Waals surface area contributed by atoms with E-state index in [1.54, 1.807) is 0 Å². The second kappa shape index (κ2) is 5.05. The molecule has 0 fully saturated rings. The number of nitrogens with one attached hydrogen (secondary N) is 1. The van der Waals surface area contributed by atoms with Gasteiger partial charge in [-0.2, -0.15) is 0 Å². The Hall–Kier alpha value is -1.96. The molecule has 0 aliphatic carbocycles. The number of hydrogen-bond acceptors (Lipinski definition) is 7. The van der Waals surface area contributed by atoms with Gasteiger partial charge in [0, 0.05) is 4.91 Å². The number of carbonyl (C=O) groups excluding carboxylic acids is 1. The van der Waals surface area contributed by atoms with Gasteiger partial charge in [-0.15, -0.1) is 0 Å². The lowest BCUT2D eigenvalue weighted by Gasteiger charge is -2.27. The summed E-state index contributed by atoms with van der Waals surface area (Å²) in [6, 6.07) is 0. The first-order chi connectivity index (χ1) is 7.22. The van der Waals surface area contributed by atoms with Gasteiger partial charge in [0.25, 0.3) is 0 Å². The van der Waals surface area contributed by atoms with E-state index in [1.807, 2.05) is 6.92 Å². The van der Waals surface area contributed by atoms with E-state index in [0.717, 1.165) is 5.01 Å². The summed E-state index contributed by atoms with van der Waals surface area (Å²) in [4.78, 5) is 20.7. The number of azide groups is 1. The molecule has 1 atom stereocenters. The number of amidine groups is 1. The minimum absolute atomic E-state index is 0.0432. The minimum atomic E-state index is -0.645. The topological polar surface area (TPSA) is 132 Å². The average Bonchev–Trinajstić information content (AvgIpc) is 2.23. The highest BCUT2D eigenvalue weighted by Gasteiger charge is 2.22. The number of carbonyl (C=O) groups is 1. The molecule has 80 valence electrons. The maximum atomic E-state index is 10.6. The Morgan fingerprint density at radius 2 is 2.60 bits per heavy atom. The van der Waals surface area contributed by atoms with Crippen molar-refractivity contribution in [2.24, 2.45) is 20.9 Å². The van der Waals surface area contributed by atoms with Crippen LogP contribution in [-0.2, 0) is 4.79 Å². The number of aldehydes is 1. The molecule has 0 aromatic heterocycles. The van der Waals surface area contributed by atoms with Gasteiger partial charge >= 0.3 is 0 Å². The van der Waals surface area contributed by atoms with E-state index in [0.29, 0.717) is 12.8 Å². The lowest BCUT2D eigenvalue weighted by atomic mass is 10.5. The number of nitrogens with two attached hydrogens (primary N) is 1. The molecule has 1 heterocycles. The predicted octanol–water partition coefficient (Wildman–Crippen LogP) is -0.667. The molecule has 0 aromatic rings. The Labute approximate surface area is 85.3 Å². The number of hydrogen-bond donors (Lipinski definition) is 2. The van der Waals surface area contributed by atoms with Crippen molar-refractivity contribution in [1.29, 1.82) is 0 Å². The highest BCUT2D eigenvalue weighted by molar-refractivity contribution is 6.29. The molecule has 0 bridgehead atoms. The van der Waals surface area contributed by atoms with Gasteiger partial charge in [-0.05, 0) is 17.2 Å². The Morgan fingerprint density at radius 3 is 3.13 bits per heavy atom. The zero-order chi connectivity index (χ0) is 11.3. The Bertz CT molecular complexity index is 354. The molecular formula is C6H10N8O. The SMILES string of the molecule is CCNC1N=C(N=[N+]=[N-])N=C(C=O)N1N. The van der Waals surface area contributed by atoms with E-state index in [1.165, 1.54) is 0 Å². The molecule has 0 saturated carbocycles. The van der Waals surface area contributed by atoms with Crippen LogP contribution in [0.4, 0.5) is 0 Å². The second-order valence-electron chi connectivity index (χ2n) is 2.55. The first kappa shape index (κ1) is 11.1. The van der Waals surface area contributed by atoms with Crippen LogP contribution < -0.4 is 11.2 Å². The molecule has 0 amide bonds.